The Kier molecular flexibility index (Phi) is 2.23. The molecule has 2 aliphatic heterocycles. The average Bonchev–Trinajstić information content (AvgIpc) is 1.95. The highest BCUT2D eigenvalue weighted by molar-refractivity contribution is 9.10. The van der Waals surface area contributed by atoms with E-state index in [4.69, 9.17) is 16.3 Å². The van der Waals surface area contributed by atoms with E-state index in [2.05, 4.69) is 26.9 Å². The maximum atomic E-state index is 6.01. The van der Waals surface area contributed by atoms with Crippen molar-refractivity contribution >= 4 is 33.2 Å². The maximum absolute atomic E-state index is 6.01. The summed E-state index contributed by atoms with van der Waals surface area (Å²) in [6.07, 6.45) is 0. The smallest absolute Gasteiger partial charge is 0.0579 e. The molecule has 1 spiro atoms. The Morgan fingerprint density at radius 2 is 2.00 bits per heavy atom. The van der Waals surface area contributed by atoms with Gasteiger partial charge in [0.1, 0.15) is 0 Å². The molecule has 2 heterocycles. The van der Waals surface area contributed by atoms with E-state index in [1.54, 1.807) is 0 Å². The van der Waals surface area contributed by atoms with Crippen LogP contribution in [0, 0.1) is 5.41 Å². The lowest BCUT2D eigenvalue weighted by atomic mass is 9.78. The monoisotopic (exact) mass is 287 g/mol. The summed E-state index contributed by atoms with van der Waals surface area (Å²) in [7, 11) is 0. The summed E-state index contributed by atoms with van der Waals surface area (Å²) in [6, 6.07) is 6.03. The van der Waals surface area contributed by atoms with Gasteiger partial charge in [-0.25, -0.2) is 0 Å². The zero-order chi connectivity index (χ0) is 10.5. The molecule has 0 amide bonds. The summed E-state index contributed by atoms with van der Waals surface area (Å²) < 4.78 is 6.29. The second kappa shape index (κ2) is 3.37. The van der Waals surface area contributed by atoms with Crippen LogP contribution in [0.5, 0.6) is 0 Å². The van der Waals surface area contributed by atoms with Crippen molar-refractivity contribution < 1.29 is 4.74 Å². The van der Waals surface area contributed by atoms with Crippen molar-refractivity contribution in [2.75, 3.05) is 31.2 Å². The van der Waals surface area contributed by atoms with Gasteiger partial charge in [-0.2, -0.15) is 0 Å². The molecule has 80 valence electrons. The molecule has 4 heteroatoms. The number of hydrogen-bond donors (Lipinski definition) is 0. The molecule has 0 aromatic heterocycles. The number of halogens is 2. The van der Waals surface area contributed by atoms with Gasteiger partial charge in [0, 0.05) is 28.3 Å². The molecule has 3 rings (SSSR count). The SMILES string of the molecule is Clc1cc(Br)cc(N2CC3(COC3)C2)c1. The highest BCUT2D eigenvalue weighted by Crippen LogP contribution is 2.41. The second-order valence-corrected chi connectivity index (χ2v) is 5.83. The standard InChI is InChI=1S/C11H11BrClNO/c12-8-1-9(13)3-10(2-8)14-4-11(5-14)6-15-7-11/h1-3H,4-7H2. The van der Waals surface area contributed by atoms with Crippen molar-refractivity contribution in [3.05, 3.63) is 27.7 Å². The van der Waals surface area contributed by atoms with Gasteiger partial charge in [-0.1, -0.05) is 27.5 Å². The van der Waals surface area contributed by atoms with Crippen LogP contribution in [-0.4, -0.2) is 26.3 Å². The average molecular weight is 289 g/mol. The van der Waals surface area contributed by atoms with Crippen LogP contribution >= 0.6 is 27.5 Å². The number of anilines is 1. The van der Waals surface area contributed by atoms with E-state index < -0.39 is 0 Å². The lowest BCUT2D eigenvalue weighted by Gasteiger charge is -2.56. The molecule has 1 aromatic rings. The molecule has 1 aromatic carbocycles. The van der Waals surface area contributed by atoms with Crippen LogP contribution in [0.1, 0.15) is 0 Å². The molecule has 2 fully saturated rings. The van der Waals surface area contributed by atoms with E-state index in [0.717, 1.165) is 35.8 Å². The van der Waals surface area contributed by atoms with Crippen molar-refractivity contribution in [3.8, 4) is 0 Å². The van der Waals surface area contributed by atoms with Crippen molar-refractivity contribution in [3.63, 3.8) is 0 Å². The van der Waals surface area contributed by atoms with E-state index in [1.807, 2.05) is 12.1 Å². The van der Waals surface area contributed by atoms with Crippen LogP contribution in [0.2, 0.25) is 5.02 Å². The normalized spacial score (nSPS) is 22.4. The summed E-state index contributed by atoms with van der Waals surface area (Å²) in [5.41, 5.74) is 1.65. The van der Waals surface area contributed by atoms with Crippen molar-refractivity contribution in [1.29, 1.82) is 0 Å². The van der Waals surface area contributed by atoms with E-state index in [-0.39, 0.29) is 0 Å². The van der Waals surface area contributed by atoms with Gasteiger partial charge in [-0.3, -0.25) is 0 Å². The van der Waals surface area contributed by atoms with Crippen LogP contribution in [0.4, 0.5) is 5.69 Å². The summed E-state index contributed by atoms with van der Waals surface area (Å²) >= 11 is 9.47. The first-order chi connectivity index (χ1) is 7.17. The number of benzene rings is 1. The number of rotatable bonds is 1. The van der Waals surface area contributed by atoms with Crippen LogP contribution in [-0.2, 0) is 4.74 Å². The van der Waals surface area contributed by atoms with Crippen molar-refractivity contribution in [1.82, 2.24) is 0 Å². The Balaban J connectivity index is 1.77. The Morgan fingerprint density at radius 3 is 2.53 bits per heavy atom. The fourth-order valence-corrected chi connectivity index (χ4v) is 3.08. The van der Waals surface area contributed by atoms with Gasteiger partial charge < -0.3 is 9.64 Å². The second-order valence-electron chi connectivity index (χ2n) is 4.48. The van der Waals surface area contributed by atoms with Crippen LogP contribution in [0.3, 0.4) is 0 Å². The fourth-order valence-electron chi connectivity index (χ4n) is 2.24. The summed E-state index contributed by atoms with van der Waals surface area (Å²) in [6.45, 7) is 4.04. The van der Waals surface area contributed by atoms with E-state index in [1.165, 1.54) is 5.69 Å². The minimum atomic E-state index is 0.453. The lowest BCUT2D eigenvalue weighted by molar-refractivity contribution is -0.127. The third kappa shape index (κ3) is 1.67. The van der Waals surface area contributed by atoms with Crippen LogP contribution in [0.15, 0.2) is 22.7 Å². The third-order valence-electron chi connectivity index (χ3n) is 3.08. The summed E-state index contributed by atoms with van der Waals surface area (Å²) in [5, 5.41) is 0.783. The molecule has 0 bridgehead atoms. The van der Waals surface area contributed by atoms with Crippen molar-refractivity contribution in [2.45, 2.75) is 0 Å². The first kappa shape index (κ1) is 9.94. The molecule has 0 N–H and O–H groups in total. The van der Waals surface area contributed by atoms with Gasteiger partial charge in [0.2, 0.25) is 0 Å². The quantitative estimate of drug-likeness (QED) is 0.788. The molecule has 2 aliphatic rings. The molecule has 2 saturated heterocycles. The molecule has 0 saturated carbocycles. The molecule has 15 heavy (non-hydrogen) atoms. The molecule has 0 unspecified atom stereocenters. The largest absolute Gasteiger partial charge is 0.380 e. The zero-order valence-electron chi connectivity index (χ0n) is 8.17. The Hall–Kier alpha value is -0.250. The van der Waals surface area contributed by atoms with E-state index in [0.29, 0.717) is 5.41 Å². The number of hydrogen-bond acceptors (Lipinski definition) is 2. The first-order valence-corrected chi connectivity index (χ1v) is 6.13. The Labute approximate surface area is 102 Å². The highest BCUT2D eigenvalue weighted by atomic mass is 79.9. The van der Waals surface area contributed by atoms with Crippen LogP contribution in [0.25, 0.3) is 0 Å². The molecule has 0 aliphatic carbocycles. The third-order valence-corrected chi connectivity index (χ3v) is 3.76. The van der Waals surface area contributed by atoms with Gasteiger partial charge in [0.05, 0.1) is 18.6 Å². The van der Waals surface area contributed by atoms with Crippen molar-refractivity contribution in [2.24, 2.45) is 5.41 Å². The highest BCUT2D eigenvalue weighted by Gasteiger charge is 2.49. The Morgan fingerprint density at radius 1 is 1.27 bits per heavy atom. The van der Waals surface area contributed by atoms with E-state index in [9.17, 15) is 0 Å². The van der Waals surface area contributed by atoms with Gasteiger partial charge in [0.25, 0.3) is 0 Å². The summed E-state index contributed by atoms with van der Waals surface area (Å²) in [4.78, 5) is 2.35. The number of ether oxygens (including phenoxy) is 1. The minimum absolute atomic E-state index is 0.453. The molecular formula is C11H11BrClNO. The van der Waals surface area contributed by atoms with E-state index >= 15 is 0 Å². The number of nitrogens with zero attached hydrogens (tertiary/aromatic N) is 1. The molecule has 0 radical (unpaired) electrons. The van der Waals surface area contributed by atoms with Gasteiger partial charge >= 0.3 is 0 Å². The summed E-state index contributed by atoms with van der Waals surface area (Å²) in [5.74, 6) is 0. The first-order valence-electron chi connectivity index (χ1n) is 4.96. The minimum Gasteiger partial charge on any atom is -0.380 e. The topological polar surface area (TPSA) is 12.5 Å². The zero-order valence-corrected chi connectivity index (χ0v) is 10.5. The van der Waals surface area contributed by atoms with Gasteiger partial charge in [-0.15, -0.1) is 0 Å². The van der Waals surface area contributed by atoms with Crippen LogP contribution < -0.4 is 4.90 Å². The predicted molar refractivity (Wildman–Crippen MR) is 64.6 cm³/mol. The maximum Gasteiger partial charge on any atom is 0.0579 e. The van der Waals surface area contributed by atoms with Gasteiger partial charge in [0.15, 0.2) is 0 Å². The Bertz CT molecular complexity index is 377. The molecular weight excluding hydrogens is 277 g/mol. The lowest BCUT2D eigenvalue weighted by Crippen LogP contribution is -2.66. The van der Waals surface area contributed by atoms with Gasteiger partial charge in [-0.05, 0) is 18.2 Å². The molecule has 0 atom stereocenters. The fraction of sp³-hybridized carbons (Fsp3) is 0.455. The predicted octanol–water partition coefficient (Wildman–Crippen LogP) is 2.94. The molecule has 2 nitrogen and oxygen atoms in total.